The molecule has 0 atom stereocenters. The van der Waals surface area contributed by atoms with E-state index in [0.29, 0.717) is 5.56 Å². The van der Waals surface area contributed by atoms with E-state index in [4.69, 9.17) is 28.9 Å². The minimum Gasteiger partial charge on any atom is -0.326 e. The molecule has 2 aromatic rings. The summed E-state index contributed by atoms with van der Waals surface area (Å²) in [5.41, 5.74) is 7.35. The molecule has 1 heterocycles. The summed E-state index contributed by atoms with van der Waals surface area (Å²) in [6.07, 6.45) is 0. The number of rotatable bonds is 4. The molecule has 1 aromatic carbocycles. The van der Waals surface area contributed by atoms with Crippen LogP contribution in [0.4, 0.5) is 5.13 Å². The second kappa shape index (κ2) is 5.59. The van der Waals surface area contributed by atoms with Gasteiger partial charge in [0.1, 0.15) is 10.4 Å². The van der Waals surface area contributed by atoms with Crippen molar-refractivity contribution in [2.75, 3.05) is 4.72 Å². The van der Waals surface area contributed by atoms with E-state index in [1.807, 2.05) is 0 Å². The van der Waals surface area contributed by atoms with Crippen molar-refractivity contribution in [3.63, 3.8) is 0 Å². The summed E-state index contributed by atoms with van der Waals surface area (Å²) in [5, 5.41) is 7.56. The van der Waals surface area contributed by atoms with Crippen LogP contribution in [0, 0.1) is 0 Å². The molecule has 3 N–H and O–H groups in total. The maximum atomic E-state index is 12.2. The maximum absolute atomic E-state index is 12.2. The first-order chi connectivity index (χ1) is 8.94. The second-order valence-corrected chi connectivity index (χ2v) is 6.73. The predicted molar refractivity (Wildman–Crippen MR) is 75.1 cm³/mol. The Bertz CT molecular complexity index is 688. The molecule has 0 saturated carbocycles. The SMILES string of the molecule is NCc1cc(Cl)cc(S(=O)(=O)Nc2nncs2)c1Cl. The number of nitrogens with one attached hydrogen (secondary N) is 1. The van der Waals surface area contributed by atoms with Gasteiger partial charge in [-0.2, -0.15) is 0 Å². The third-order valence-corrected chi connectivity index (χ3v) is 5.05. The van der Waals surface area contributed by atoms with Gasteiger partial charge in [-0.05, 0) is 17.7 Å². The zero-order chi connectivity index (χ0) is 14.0. The maximum Gasteiger partial charge on any atom is 0.265 e. The fraction of sp³-hybridized carbons (Fsp3) is 0.111. The van der Waals surface area contributed by atoms with E-state index in [-0.39, 0.29) is 26.6 Å². The Morgan fingerprint density at radius 1 is 1.37 bits per heavy atom. The van der Waals surface area contributed by atoms with Gasteiger partial charge in [-0.3, -0.25) is 4.72 Å². The quantitative estimate of drug-likeness (QED) is 0.889. The summed E-state index contributed by atoms with van der Waals surface area (Å²) in [5.74, 6) is 0. The molecule has 0 aliphatic carbocycles. The van der Waals surface area contributed by atoms with Gasteiger partial charge in [0.15, 0.2) is 0 Å². The Morgan fingerprint density at radius 3 is 2.68 bits per heavy atom. The lowest BCUT2D eigenvalue weighted by Crippen LogP contribution is -2.14. The molecule has 0 spiro atoms. The fourth-order valence-electron chi connectivity index (χ4n) is 1.35. The molecule has 2 rings (SSSR count). The Labute approximate surface area is 123 Å². The van der Waals surface area contributed by atoms with Gasteiger partial charge in [-0.1, -0.05) is 34.5 Å². The van der Waals surface area contributed by atoms with E-state index in [1.54, 1.807) is 0 Å². The Morgan fingerprint density at radius 2 is 2.11 bits per heavy atom. The van der Waals surface area contributed by atoms with Crippen molar-refractivity contribution in [3.8, 4) is 0 Å². The van der Waals surface area contributed by atoms with Gasteiger partial charge in [0, 0.05) is 11.6 Å². The third kappa shape index (κ3) is 3.15. The van der Waals surface area contributed by atoms with Crippen molar-refractivity contribution >= 4 is 49.7 Å². The van der Waals surface area contributed by atoms with Crippen LogP contribution in [0.2, 0.25) is 10.0 Å². The van der Waals surface area contributed by atoms with E-state index in [2.05, 4.69) is 14.9 Å². The number of nitrogens with zero attached hydrogens (tertiary/aromatic N) is 2. The smallest absolute Gasteiger partial charge is 0.265 e. The summed E-state index contributed by atoms with van der Waals surface area (Å²) >= 11 is 12.9. The first-order valence-electron chi connectivity index (χ1n) is 4.91. The number of sulfonamides is 1. The molecule has 0 unspecified atom stereocenters. The number of aromatic nitrogens is 2. The van der Waals surface area contributed by atoms with Crippen LogP contribution in [0.3, 0.4) is 0 Å². The highest BCUT2D eigenvalue weighted by Crippen LogP contribution is 2.30. The third-order valence-electron chi connectivity index (χ3n) is 2.17. The van der Waals surface area contributed by atoms with Crippen LogP contribution in [0.15, 0.2) is 22.5 Å². The average molecular weight is 339 g/mol. The lowest BCUT2D eigenvalue weighted by Gasteiger charge is -2.10. The normalized spacial score (nSPS) is 11.5. The molecule has 0 radical (unpaired) electrons. The van der Waals surface area contributed by atoms with Crippen molar-refractivity contribution in [2.24, 2.45) is 5.73 Å². The van der Waals surface area contributed by atoms with Gasteiger partial charge in [0.05, 0.1) is 5.02 Å². The first-order valence-corrected chi connectivity index (χ1v) is 8.03. The van der Waals surface area contributed by atoms with E-state index < -0.39 is 10.0 Å². The van der Waals surface area contributed by atoms with Gasteiger partial charge in [0.2, 0.25) is 5.13 Å². The largest absolute Gasteiger partial charge is 0.326 e. The molecule has 0 aliphatic rings. The summed E-state index contributed by atoms with van der Waals surface area (Å²) < 4.78 is 26.6. The Balaban J connectivity index is 2.48. The van der Waals surface area contributed by atoms with Crippen molar-refractivity contribution in [1.29, 1.82) is 0 Å². The van der Waals surface area contributed by atoms with E-state index in [0.717, 1.165) is 11.3 Å². The minimum absolute atomic E-state index is 0.0453. The highest BCUT2D eigenvalue weighted by Gasteiger charge is 2.22. The zero-order valence-electron chi connectivity index (χ0n) is 9.30. The predicted octanol–water partition coefficient (Wildman–Crippen LogP) is 2.10. The fourth-order valence-corrected chi connectivity index (χ4v) is 3.99. The average Bonchev–Trinajstić information content (AvgIpc) is 2.83. The monoisotopic (exact) mass is 338 g/mol. The molecular formula is C9H8Cl2N4O2S2. The number of hydrogen-bond acceptors (Lipinski definition) is 6. The van der Waals surface area contributed by atoms with E-state index in [1.165, 1.54) is 17.6 Å². The lowest BCUT2D eigenvalue weighted by molar-refractivity contribution is 0.601. The van der Waals surface area contributed by atoms with Crippen molar-refractivity contribution in [3.05, 3.63) is 33.3 Å². The van der Waals surface area contributed by atoms with Crippen molar-refractivity contribution in [1.82, 2.24) is 10.2 Å². The highest BCUT2D eigenvalue weighted by molar-refractivity contribution is 7.93. The van der Waals surface area contributed by atoms with Crippen molar-refractivity contribution < 1.29 is 8.42 Å². The molecule has 10 heteroatoms. The number of hydrogen-bond donors (Lipinski definition) is 2. The Hall–Kier alpha value is -0.930. The summed E-state index contributed by atoms with van der Waals surface area (Å²) in [7, 11) is -3.88. The number of halogens is 2. The van der Waals surface area contributed by atoms with Gasteiger partial charge < -0.3 is 5.73 Å². The summed E-state index contributed by atoms with van der Waals surface area (Å²) in [4.78, 5) is -0.141. The van der Waals surface area contributed by atoms with Gasteiger partial charge >= 0.3 is 0 Å². The van der Waals surface area contributed by atoms with Crippen LogP contribution in [0.1, 0.15) is 5.56 Å². The molecule has 0 amide bonds. The molecule has 0 saturated heterocycles. The topological polar surface area (TPSA) is 98.0 Å². The number of nitrogens with two attached hydrogens (primary N) is 1. The number of benzene rings is 1. The van der Waals surface area contributed by atoms with Crippen LogP contribution in [-0.4, -0.2) is 18.6 Å². The first kappa shape index (κ1) is 14.5. The van der Waals surface area contributed by atoms with Crippen LogP contribution in [0.25, 0.3) is 0 Å². The van der Waals surface area contributed by atoms with Crippen LogP contribution < -0.4 is 10.5 Å². The summed E-state index contributed by atoms with van der Waals surface area (Å²) in [6, 6.07) is 2.78. The second-order valence-electron chi connectivity index (χ2n) is 3.43. The molecule has 0 bridgehead atoms. The molecule has 19 heavy (non-hydrogen) atoms. The van der Waals surface area contributed by atoms with Gasteiger partial charge in [-0.15, -0.1) is 10.2 Å². The Kier molecular flexibility index (Phi) is 4.26. The minimum atomic E-state index is -3.88. The van der Waals surface area contributed by atoms with E-state index >= 15 is 0 Å². The van der Waals surface area contributed by atoms with E-state index in [9.17, 15) is 8.42 Å². The lowest BCUT2D eigenvalue weighted by atomic mass is 10.2. The molecule has 6 nitrogen and oxygen atoms in total. The number of anilines is 1. The van der Waals surface area contributed by atoms with Gasteiger partial charge in [-0.25, -0.2) is 8.42 Å². The van der Waals surface area contributed by atoms with Crippen molar-refractivity contribution in [2.45, 2.75) is 11.4 Å². The zero-order valence-corrected chi connectivity index (χ0v) is 12.4. The van der Waals surface area contributed by atoms with Crippen LogP contribution in [-0.2, 0) is 16.6 Å². The van der Waals surface area contributed by atoms with Crippen LogP contribution >= 0.6 is 34.5 Å². The molecule has 1 aromatic heterocycles. The standard InChI is InChI=1S/C9H8Cl2N4O2S2/c10-6-1-5(3-12)8(11)7(2-6)19(16,17)15-9-14-13-4-18-9/h1-2,4H,3,12H2,(H,14,15). The molecule has 0 aliphatic heterocycles. The highest BCUT2D eigenvalue weighted by atomic mass is 35.5. The molecular weight excluding hydrogens is 331 g/mol. The molecule has 0 fully saturated rings. The van der Waals surface area contributed by atoms with Gasteiger partial charge in [0.25, 0.3) is 10.0 Å². The molecule has 102 valence electrons. The summed E-state index contributed by atoms with van der Waals surface area (Å²) in [6.45, 7) is 0.0840. The van der Waals surface area contributed by atoms with Crippen LogP contribution in [0.5, 0.6) is 0 Å².